The van der Waals surface area contributed by atoms with Crippen molar-refractivity contribution < 1.29 is 9.15 Å². The Morgan fingerprint density at radius 1 is 1.12 bits per heavy atom. The summed E-state index contributed by atoms with van der Waals surface area (Å²) in [5.74, 6) is 0.992. The van der Waals surface area contributed by atoms with E-state index >= 15 is 0 Å². The number of thioether (sulfide) groups is 1. The second-order valence-corrected chi connectivity index (χ2v) is 7.08. The molecule has 0 unspecified atom stereocenters. The molecule has 26 heavy (non-hydrogen) atoms. The Balaban J connectivity index is 1.50. The summed E-state index contributed by atoms with van der Waals surface area (Å²) in [6.07, 6.45) is 1.32. The van der Waals surface area contributed by atoms with Crippen LogP contribution in [0.2, 0.25) is 0 Å². The number of nitrogens with zero attached hydrogens (tertiary/aromatic N) is 2. The zero-order valence-electron chi connectivity index (χ0n) is 14.8. The molecule has 3 rings (SSSR count). The third-order valence-electron chi connectivity index (χ3n) is 3.77. The van der Waals surface area contributed by atoms with E-state index in [0.717, 1.165) is 17.7 Å². The smallest absolute Gasteiger partial charge is 0.392 e. The summed E-state index contributed by atoms with van der Waals surface area (Å²) in [6.45, 7) is 3.28. The van der Waals surface area contributed by atoms with Crippen molar-refractivity contribution in [3.8, 4) is 5.69 Å². The highest BCUT2D eigenvalue weighted by molar-refractivity contribution is 7.99. The summed E-state index contributed by atoms with van der Waals surface area (Å²) in [7, 11) is 0. The van der Waals surface area contributed by atoms with Gasteiger partial charge in [-0.25, -0.2) is 4.79 Å². The van der Waals surface area contributed by atoms with Gasteiger partial charge >= 0.3 is 5.76 Å². The summed E-state index contributed by atoms with van der Waals surface area (Å²) in [5.41, 5.74) is 1.86. The van der Waals surface area contributed by atoms with Crippen LogP contribution in [0.4, 0.5) is 0 Å². The second-order valence-electron chi connectivity index (χ2n) is 5.74. The molecule has 6 heteroatoms. The maximum atomic E-state index is 12.0. The number of rotatable bonds is 9. The lowest BCUT2D eigenvalue weighted by Crippen LogP contribution is -2.13. The fourth-order valence-electron chi connectivity index (χ4n) is 2.52. The van der Waals surface area contributed by atoms with E-state index in [1.807, 2.05) is 54.6 Å². The molecule has 0 saturated heterocycles. The Kier molecular flexibility index (Phi) is 6.68. The third kappa shape index (κ3) is 5.09. The number of aryl methyl sites for hydroxylation is 1. The van der Waals surface area contributed by atoms with Crippen molar-refractivity contribution >= 4 is 11.8 Å². The third-order valence-corrected chi connectivity index (χ3v) is 4.67. The van der Waals surface area contributed by atoms with Crippen LogP contribution >= 0.6 is 11.8 Å². The SMILES string of the molecule is CCSc1ccc(-n2nc(CCCOCc3ccccc3)oc2=O)cc1. The van der Waals surface area contributed by atoms with Crippen LogP contribution in [0, 0.1) is 0 Å². The first-order valence-corrected chi connectivity index (χ1v) is 9.69. The quantitative estimate of drug-likeness (QED) is 0.419. The standard InChI is InChI=1S/C20H22N2O3S/c1-2-26-18-12-10-17(11-13-18)22-20(23)25-19(21-22)9-6-14-24-15-16-7-4-3-5-8-16/h3-5,7-8,10-13H,2,6,9,14-15H2,1H3. The molecule has 0 amide bonds. The molecule has 0 bridgehead atoms. The maximum Gasteiger partial charge on any atom is 0.441 e. The summed E-state index contributed by atoms with van der Waals surface area (Å²) in [4.78, 5) is 13.2. The van der Waals surface area contributed by atoms with Gasteiger partial charge in [-0.2, -0.15) is 4.68 Å². The first-order chi connectivity index (χ1) is 12.8. The first kappa shape index (κ1) is 18.5. The molecule has 5 nitrogen and oxygen atoms in total. The van der Waals surface area contributed by atoms with Gasteiger partial charge in [0.1, 0.15) is 0 Å². The topological polar surface area (TPSA) is 57.3 Å². The number of ether oxygens (including phenoxy) is 1. The van der Waals surface area contributed by atoms with Crippen LogP contribution in [0.1, 0.15) is 24.8 Å². The molecule has 0 saturated carbocycles. The monoisotopic (exact) mass is 370 g/mol. The van der Waals surface area contributed by atoms with Crippen molar-refractivity contribution in [2.75, 3.05) is 12.4 Å². The fraction of sp³-hybridized carbons (Fsp3) is 0.300. The van der Waals surface area contributed by atoms with E-state index in [2.05, 4.69) is 12.0 Å². The van der Waals surface area contributed by atoms with Crippen LogP contribution < -0.4 is 5.76 Å². The van der Waals surface area contributed by atoms with E-state index in [0.29, 0.717) is 31.2 Å². The van der Waals surface area contributed by atoms with Crippen LogP contribution in [0.15, 0.2) is 68.7 Å². The molecule has 0 aliphatic rings. The summed E-state index contributed by atoms with van der Waals surface area (Å²) in [6, 6.07) is 17.8. The Morgan fingerprint density at radius 2 is 1.88 bits per heavy atom. The molecule has 0 aliphatic heterocycles. The van der Waals surface area contributed by atoms with Crippen molar-refractivity contribution in [3.05, 3.63) is 76.6 Å². The van der Waals surface area contributed by atoms with Crippen molar-refractivity contribution in [1.82, 2.24) is 9.78 Å². The zero-order chi connectivity index (χ0) is 18.2. The van der Waals surface area contributed by atoms with Gasteiger partial charge in [0.25, 0.3) is 0 Å². The number of hydrogen-bond donors (Lipinski definition) is 0. The van der Waals surface area contributed by atoms with Gasteiger partial charge in [0, 0.05) is 17.9 Å². The van der Waals surface area contributed by atoms with Gasteiger partial charge in [0.05, 0.1) is 12.3 Å². The van der Waals surface area contributed by atoms with Crippen LogP contribution in [-0.4, -0.2) is 22.1 Å². The minimum absolute atomic E-state index is 0.435. The van der Waals surface area contributed by atoms with E-state index in [1.165, 1.54) is 9.58 Å². The number of benzene rings is 2. The van der Waals surface area contributed by atoms with Crippen molar-refractivity contribution in [3.63, 3.8) is 0 Å². The Morgan fingerprint density at radius 3 is 2.62 bits per heavy atom. The van der Waals surface area contributed by atoms with Crippen molar-refractivity contribution in [2.45, 2.75) is 31.3 Å². The van der Waals surface area contributed by atoms with Crippen LogP contribution in [0.5, 0.6) is 0 Å². The minimum atomic E-state index is -0.457. The normalized spacial score (nSPS) is 11.0. The van der Waals surface area contributed by atoms with Crippen molar-refractivity contribution in [2.24, 2.45) is 0 Å². The van der Waals surface area contributed by atoms with E-state index in [-0.39, 0.29) is 0 Å². The Hall–Kier alpha value is -2.31. The average Bonchev–Trinajstić information content (AvgIpc) is 3.04. The number of aromatic nitrogens is 2. The molecule has 0 aliphatic carbocycles. The molecule has 136 valence electrons. The van der Waals surface area contributed by atoms with Crippen LogP contribution in [-0.2, 0) is 17.8 Å². The first-order valence-electron chi connectivity index (χ1n) is 8.70. The molecule has 3 aromatic rings. The lowest BCUT2D eigenvalue weighted by atomic mass is 10.2. The summed E-state index contributed by atoms with van der Waals surface area (Å²) < 4.78 is 12.2. The summed E-state index contributed by atoms with van der Waals surface area (Å²) >= 11 is 1.76. The van der Waals surface area contributed by atoms with Gasteiger partial charge in [0.2, 0.25) is 5.89 Å². The van der Waals surface area contributed by atoms with Gasteiger partial charge in [-0.05, 0) is 42.0 Å². The highest BCUT2D eigenvalue weighted by Gasteiger charge is 2.09. The second kappa shape index (κ2) is 9.40. The van der Waals surface area contributed by atoms with Gasteiger partial charge in [0.15, 0.2) is 0 Å². The maximum absolute atomic E-state index is 12.0. The highest BCUT2D eigenvalue weighted by atomic mass is 32.2. The molecule has 0 fully saturated rings. The fourth-order valence-corrected chi connectivity index (χ4v) is 3.18. The van der Waals surface area contributed by atoms with Crippen LogP contribution in [0.3, 0.4) is 0 Å². The summed E-state index contributed by atoms with van der Waals surface area (Å²) in [5, 5.41) is 4.29. The Labute approximate surface area is 157 Å². The molecule has 0 spiro atoms. The predicted molar refractivity (Wildman–Crippen MR) is 103 cm³/mol. The van der Waals surface area contributed by atoms with E-state index in [9.17, 15) is 4.79 Å². The van der Waals surface area contributed by atoms with E-state index in [1.54, 1.807) is 11.8 Å². The zero-order valence-corrected chi connectivity index (χ0v) is 15.6. The molecule has 2 aromatic carbocycles. The van der Waals surface area contributed by atoms with Gasteiger partial charge < -0.3 is 9.15 Å². The van der Waals surface area contributed by atoms with Gasteiger partial charge in [-0.15, -0.1) is 16.9 Å². The molecule has 1 heterocycles. The van der Waals surface area contributed by atoms with Gasteiger partial charge in [-0.1, -0.05) is 37.3 Å². The van der Waals surface area contributed by atoms with E-state index in [4.69, 9.17) is 9.15 Å². The minimum Gasteiger partial charge on any atom is -0.392 e. The van der Waals surface area contributed by atoms with E-state index < -0.39 is 5.76 Å². The molecule has 0 radical (unpaired) electrons. The Bertz CT molecular complexity index is 857. The van der Waals surface area contributed by atoms with Crippen molar-refractivity contribution in [1.29, 1.82) is 0 Å². The molecule has 0 atom stereocenters. The van der Waals surface area contributed by atoms with Crippen LogP contribution in [0.25, 0.3) is 5.69 Å². The molecular formula is C20H22N2O3S. The highest BCUT2D eigenvalue weighted by Crippen LogP contribution is 2.18. The number of hydrogen-bond acceptors (Lipinski definition) is 5. The lowest BCUT2D eigenvalue weighted by Gasteiger charge is -2.03. The molecule has 1 aromatic heterocycles. The van der Waals surface area contributed by atoms with Gasteiger partial charge in [-0.3, -0.25) is 0 Å². The largest absolute Gasteiger partial charge is 0.441 e. The molecular weight excluding hydrogens is 348 g/mol. The average molecular weight is 370 g/mol. The lowest BCUT2D eigenvalue weighted by molar-refractivity contribution is 0.117. The predicted octanol–water partition coefficient (Wildman–Crippen LogP) is 4.09. The molecule has 0 N–H and O–H groups in total.